The second-order valence-corrected chi connectivity index (χ2v) is 4.66. The summed E-state index contributed by atoms with van der Waals surface area (Å²) in [5, 5.41) is 15.2. The van der Waals surface area contributed by atoms with Crippen molar-refractivity contribution in [3.8, 4) is 0 Å². The maximum Gasteiger partial charge on any atom is 0.135 e. The van der Waals surface area contributed by atoms with Gasteiger partial charge in [-0.2, -0.15) is 0 Å². The number of rotatable bonds is 4. The van der Waals surface area contributed by atoms with Crippen LogP contribution in [-0.2, 0) is 0 Å². The number of benzene rings is 1. The Kier molecular flexibility index (Phi) is 4.11. The second-order valence-electron chi connectivity index (χ2n) is 3.74. The standard InChI is InChI=1S/C12H13BrN4O/c1-8(18)16-11-6-12(15-7-14-11)17-10-4-2-3-9(13)5-10/h2-8,18H,1H3,(H2,14,15,16,17). The Hall–Kier alpha value is -1.66. The molecule has 6 heteroatoms. The first-order valence-corrected chi connectivity index (χ1v) is 6.22. The zero-order valence-electron chi connectivity index (χ0n) is 9.76. The zero-order chi connectivity index (χ0) is 13.0. The highest BCUT2D eigenvalue weighted by Crippen LogP contribution is 2.20. The molecule has 0 saturated heterocycles. The van der Waals surface area contributed by atoms with Gasteiger partial charge in [-0.15, -0.1) is 0 Å². The topological polar surface area (TPSA) is 70.1 Å². The number of aliphatic hydroxyl groups is 1. The van der Waals surface area contributed by atoms with Gasteiger partial charge in [0.15, 0.2) is 0 Å². The summed E-state index contributed by atoms with van der Waals surface area (Å²) in [5.74, 6) is 1.23. The Balaban J connectivity index is 2.14. The number of anilines is 3. The van der Waals surface area contributed by atoms with Crippen molar-refractivity contribution in [2.45, 2.75) is 13.2 Å². The molecule has 0 spiro atoms. The molecule has 1 aromatic heterocycles. The molecule has 2 aromatic rings. The third-order valence-electron chi connectivity index (χ3n) is 2.12. The minimum absolute atomic E-state index is 0.567. The van der Waals surface area contributed by atoms with E-state index in [0.717, 1.165) is 10.2 Å². The van der Waals surface area contributed by atoms with Crippen molar-refractivity contribution in [1.82, 2.24) is 9.97 Å². The van der Waals surface area contributed by atoms with Crippen molar-refractivity contribution >= 4 is 33.3 Å². The average Bonchev–Trinajstić information content (AvgIpc) is 2.28. The summed E-state index contributed by atoms with van der Waals surface area (Å²) in [6, 6.07) is 9.50. The first-order chi connectivity index (χ1) is 8.63. The fraction of sp³-hybridized carbons (Fsp3) is 0.167. The summed E-state index contributed by atoms with van der Waals surface area (Å²) < 4.78 is 0.990. The Morgan fingerprint density at radius 3 is 2.72 bits per heavy atom. The summed E-state index contributed by atoms with van der Waals surface area (Å²) >= 11 is 3.40. The maximum atomic E-state index is 9.22. The first-order valence-electron chi connectivity index (χ1n) is 5.43. The summed E-state index contributed by atoms with van der Waals surface area (Å²) in [6.07, 6.45) is 0.781. The lowest BCUT2D eigenvalue weighted by Gasteiger charge is -2.10. The van der Waals surface area contributed by atoms with E-state index in [4.69, 9.17) is 0 Å². The van der Waals surface area contributed by atoms with Crippen LogP contribution >= 0.6 is 15.9 Å². The summed E-state index contributed by atoms with van der Waals surface area (Å²) in [6.45, 7) is 1.63. The lowest BCUT2D eigenvalue weighted by Crippen LogP contribution is -2.14. The number of hydrogen-bond acceptors (Lipinski definition) is 5. The molecule has 18 heavy (non-hydrogen) atoms. The van der Waals surface area contributed by atoms with E-state index in [1.54, 1.807) is 13.0 Å². The van der Waals surface area contributed by atoms with Crippen LogP contribution in [0.4, 0.5) is 17.3 Å². The van der Waals surface area contributed by atoms with Crippen LogP contribution in [0.25, 0.3) is 0 Å². The van der Waals surface area contributed by atoms with Gasteiger partial charge in [0.05, 0.1) is 0 Å². The minimum Gasteiger partial charge on any atom is -0.374 e. The molecular weight excluding hydrogens is 296 g/mol. The van der Waals surface area contributed by atoms with Gasteiger partial charge in [-0.1, -0.05) is 22.0 Å². The van der Waals surface area contributed by atoms with Gasteiger partial charge in [0, 0.05) is 16.2 Å². The summed E-state index contributed by atoms with van der Waals surface area (Å²) in [5.41, 5.74) is 0.922. The van der Waals surface area contributed by atoms with E-state index in [9.17, 15) is 5.11 Å². The van der Waals surface area contributed by atoms with Crippen molar-refractivity contribution in [2.75, 3.05) is 10.6 Å². The Morgan fingerprint density at radius 1 is 1.22 bits per heavy atom. The number of hydrogen-bond donors (Lipinski definition) is 3. The number of nitrogens with zero attached hydrogens (tertiary/aromatic N) is 2. The molecule has 94 valence electrons. The third-order valence-corrected chi connectivity index (χ3v) is 2.61. The number of aromatic nitrogens is 2. The number of aliphatic hydroxyl groups excluding tert-OH is 1. The number of halogens is 1. The van der Waals surface area contributed by atoms with Crippen LogP contribution in [0.1, 0.15) is 6.92 Å². The van der Waals surface area contributed by atoms with Crippen molar-refractivity contribution in [2.24, 2.45) is 0 Å². The lowest BCUT2D eigenvalue weighted by molar-refractivity contribution is 0.224. The Bertz CT molecular complexity index is 533. The van der Waals surface area contributed by atoms with Crippen molar-refractivity contribution < 1.29 is 5.11 Å². The van der Waals surface area contributed by atoms with Gasteiger partial charge in [0.25, 0.3) is 0 Å². The summed E-state index contributed by atoms with van der Waals surface area (Å²) in [7, 11) is 0. The molecule has 0 radical (unpaired) electrons. The van der Waals surface area contributed by atoms with Crippen molar-refractivity contribution in [3.05, 3.63) is 41.1 Å². The Labute approximate surface area is 113 Å². The predicted octanol–water partition coefficient (Wildman–Crippen LogP) is 2.73. The molecule has 1 heterocycles. The molecule has 0 amide bonds. The SMILES string of the molecule is CC(O)Nc1cc(Nc2cccc(Br)c2)ncn1. The predicted molar refractivity (Wildman–Crippen MR) is 74.8 cm³/mol. The maximum absolute atomic E-state index is 9.22. The van der Waals surface area contributed by atoms with Crippen LogP contribution in [-0.4, -0.2) is 21.3 Å². The minimum atomic E-state index is -0.654. The smallest absolute Gasteiger partial charge is 0.135 e. The van der Waals surface area contributed by atoms with E-state index in [2.05, 4.69) is 36.5 Å². The molecule has 1 atom stereocenters. The van der Waals surface area contributed by atoms with Gasteiger partial charge < -0.3 is 15.7 Å². The molecule has 0 fully saturated rings. The highest BCUT2D eigenvalue weighted by molar-refractivity contribution is 9.10. The van der Waals surface area contributed by atoms with Crippen LogP contribution in [0.5, 0.6) is 0 Å². The van der Waals surface area contributed by atoms with Crippen LogP contribution in [0.3, 0.4) is 0 Å². The molecular formula is C12H13BrN4O. The molecule has 0 aliphatic heterocycles. The second kappa shape index (κ2) is 5.79. The van der Waals surface area contributed by atoms with Crippen molar-refractivity contribution in [1.29, 1.82) is 0 Å². The lowest BCUT2D eigenvalue weighted by atomic mass is 10.3. The largest absolute Gasteiger partial charge is 0.374 e. The quantitative estimate of drug-likeness (QED) is 0.758. The molecule has 0 bridgehead atoms. The van der Waals surface area contributed by atoms with E-state index >= 15 is 0 Å². The van der Waals surface area contributed by atoms with Gasteiger partial charge in [-0.3, -0.25) is 0 Å². The van der Waals surface area contributed by atoms with Gasteiger partial charge in [0.2, 0.25) is 0 Å². The molecule has 5 nitrogen and oxygen atoms in total. The van der Waals surface area contributed by atoms with E-state index in [0.29, 0.717) is 11.6 Å². The zero-order valence-corrected chi connectivity index (χ0v) is 11.3. The fourth-order valence-corrected chi connectivity index (χ4v) is 1.83. The molecule has 0 saturated carbocycles. The van der Waals surface area contributed by atoms with Gasteiger partial charge >= 0.3 is 0 Å². The van der Waals surface area contributed by atoms with E-state index in [1.165, 1.54) is 6.33 Å². The molecule has 0 aliphatic rings. The molecule has 0 aliphatic carbocycles. The highest BCUT2D eigenvalue weighted by atomic mass is 79.9. The van der Waals surface area contributed by atoms with E-state index in [-0.39, 0.29) is 0 Å². The van der Waals surface area contributed by atoms with Gasteiger partial charge in [-0.25, -0.2) is 9.97 Å². The fourth-order valence-electron chi connectivity index (χ4n) is 1.43. The molecule has 1 aromatic carbocycles. The van der Waals surface area contributed by atoms with Crippen LogP contribution in [0.2, 0.25) is 0 Å². The molecule has 2 rings (SSSR count). The van der Waals surface area contributed by atoms with Crippen LogP contribution in [0.15, 0.2) is 41.1 Å². The first kappa shape index (κ1) is 12.8. The number of nitrogens with one attached hydrogen (secondary N) is 2. The molecule has 3 N–H and O–H groups in total. The normalized spacial score (nSPS) is 11.9. The van der Waals surface area contributed by atoms with Crippen LogP contribution in [0, 0.1) is 0 Å². The van der Waals surface area contributed by atoms with Gasteiger partial charge in [-0.05, 0) is 25.1 Å². The van der Waals surface area contributed by atoms with E-state index < -0.39 is 6.23 Å². The van der Waals surface area contributed by atoms with Gasteiger partial charge in [0.1, 0.15) is 24.2 Å². The molecule has 1 unspecified atom stereocenters. The van der Waals surface area contributed by atoms with Crippen LogP contribution < -0.4 is 10.6 Å². The van der Waals surface area contributed by atoms with Crippen molar-refractivity contribution in [3.63, 3.8) is 0 Å². The average molecular weight is 309 g/mol. The third kappa shape index (κ3) is 3.68. The Morgan fingerprint density at radius 2 is 2.00 bits per heavy atom. The monoisotopic (exact) mass is 308 g/mol. The van der Waals surface area contributed by atoms with E-state index in [1.807, 2.05) is 24.3 Å². The summed E-state index contributed by atoms with van der Waals surface area (Å²) in [4.78, 5) is 8.12. The highest BCUT2D eigenvalue weighted by Gasteiger charge is 2.01.